The number of nitrogens with one attached hydrogen (secondary N) is 1. The molecular formula is C13H22N2O3. The Morgan fingerprint density at radius 2 is 2.11 bits per heavy atom. The number of aliphatic carboxylic acids is 1. The smallest absolute Gasteiger partial charge is 0.326 e. The van der Waals surface area contributed by atoms with Crippen molar-refractivity contribution in [3.63, 3.8) is 0 Å². The van der Waals surface area contributed by atoms with Gasteiger partial charge in [-0.25, -0.2) is 4.79 Å². The standard InChI is InChI=1S/C13H22N2O3/c1-9-4-6-15(11(7-9)13(17)18)12(16)10-3-2-5-14-8-10/h9-11,14H,2-8H2,1H3,(H,17,18)/t9?,10-,11?/m1/s1. The number of carboxylic acids is 1. The molecule has 18 heavy (non-hydrogen) atoms. The van der Waals surface area contributed by atoms with Gasteiger partial charge in [0, 0.05) is 13.1 Å². The van der Waals surface area contributed by atoms with Gasteiger partial charge in [0.1, 0.15) is 6.04 Å². The first-order valence-corrected chi connectivity index (χ1v) is 6.83. The molecule has 0 aliphatic carbocycles. The summed E-state index contributed by atoms with van der Waals surface area (Å²) in [5.41, 5.74) is 0. The molecular weight excluding hydrogens is 232 g/mol. The van der Waals surface area contributed by atoms with Crippen LogP contribution < -0.4 is 5.32 Å². The SMILES string of the molecule is CC1CCN(C(=O)[C@@H]2CCCNC2)C(C(=O)O)C1. The largest absolute Gasteiger partial charge is 0.480 e. The van der Waals surface area contributed by atoms with Crippen LogP contribution >= 0.6 is 0 Å². The van der Waals surface area contributed by atoms with Crippen LogP contribution in [-0.2, 0) is 9.59 Å². The lowest BCUT2D eigenvalue weighted by Gasteiger charge is -2.38. The van der Waals surface area contributed by atoms with Crippen LogP contribution in [-0.4, -0.2) is 47.6 Å². The first-order chi connectivity index (χ1) is 8.59. The van der Waals surface area contributed by atoms with E-state index in [9.17, 15) is 14.7 Å². The maximum Gasteiger partial charge on any atom is 0.326 e. The summed E-state index contributed by atoms with van der Waals surface area (Å²) in [6.45, 7) is 4.30. The van der Waals surface area contributed by atoms with Crippen molar-refractivity contribution >= 4 is 11.9 Å². The fourth-order valence-corrected chi connectivity index (χ4v) is 2.94. The number of amides is 1. The molecule has 2 aliphatic heterocycles. The van der Waals surface area contributed by atoms with Crippen LogP contribution in [0, 0.1) is 11.8 Å². The first kappa shape index (κ1) is 13.3. The zero-order valence-corrected chi connectivity index (χ0v) is 10.9. The van der Waals surface area contributed by atoms with Crippen LogP contribution in [0.15, 0.2) is 0 Å². The fourth-order valence-electron chi connectivity index (χ4n) is 2.94. The van der Waals surface area contributed by atoms with E-state index in [0.29, 0.717) is 25.4 Å². The quantitative estimate of drug-likeness (QED) is 0.761. The number of nitrogens with zero attached hydrogens (tertiary/aromatic N) is 1. The van der Waals surface area contributed by atoms with E-state index in [4.69, 9.17) is 0 Å². The predicted octanol–water partition coefficient (Wildman–Crippen LogP) is 0.698. The van der Waals surface area contributed by atoms with Crippen molar-refractivity contribution in [2.75, 3.05) is 19.6 Å². The van der Waals surface area contributed by atoms with Gasteiger partial charge >= 0.3 is 5.97 Å². The minimum atomic E-state index is -0.862. The van der Waals surface area contributed by atoms with Gasteiger partial charge in [0.2, 0.25) is 5.91 Å². The Morgan fingerprint density at radius 1 is 1.33 bits per heavy atom. The molecule has 2 aliphatic rings. The second-order valence-electron chi connectivity index (χ2n) is 5.56. The second kappa shape index (κ2) is 5.69. The molecule has 102 valence electrons. The molecule has 1 amide bonds. The van der Waals surface area contributed by atoms with Crippen molar-refractivity contribution < 1.29 is 14.7 Å². The van der Waals surface area contributed by atoms with E-state index in [2.05, 4.69) is 12.2 Å². The van der Waals surface area contributed by atoms with Gasteiger partial charge in [-0.1, -0.05) is 6.92 Å². The number of likely N-dealkylation sites (tertiary alicyclic amines) is 1. The highest BCUT2D eigenvalue weighted by molar-refractivity contribution is 5.85. The zero-order valence-electron chi connectivity index (χ0n) is 10.9. The van der Waals surface area contributed by atoms with Crippen molar-refractivity contribution in [2.45, 2.75) is 38.6 Å². The number of hydrogen-bond donors (Lipinski definition) is 2. The molecule has 2 N–H and O–H groups in total. The maximum atomic E-state index is 12.4. The highest BCUT2D eigenvalue weighted by atomic mass is 16.4. The second-order valence-corrected chi connectivity index (χ2v) is 5.56. The lowest BCUT2D eigenvalue weighted by atomic mass is 9.90. The van der Waals surface area contributed by atoms with Crippen LogP contribution in [0.1, 0.15) is 32.6 Å². The van der Waals surface area contributed by atoms with Gasteiger partial charge in [-0.05, 0) is 38.1 Å². The normalized spacial score (nSPS) is 33.2. The number of rotatable bonds is 2. The summed E-state index contributed by atoms with van der Waals surface area (Å²) in [5, 5.41) is 12.5. The van der Waals surface area contributed by atoms with E-state index in [1.807, 2.05) is 0 Å². The van der Waals surface area contributed by atoms with Crippen molar-refractivity contribution in [1.82, 2.24) is 10.2 Å². The van der Waals surface area contributed by atoms with Crippen molar-refractivity contribution in [1.29, 1.82) is 0 Å². The van der Waals surface area contributed by atoms with Crippen molar-refractivity contribution in [3.8, 4) is 0 Å². The average molecular weight is 254 g/mol. The predicted molar refractivity (Wildman–Crippen MR) is 67.1 cm³/mol. The van der Waals surface area contributed by atoms with E-state index in [1.54, 1.807) is 4.90 Å². The Hall–Kier alpha value is -1.10. The van der Waals surface area contributed by atoms with E-state index >= 15 is 0 Å². The Morgan fingerprint density at radius 3 is 2.72 bits per heavy atom. The van der Waals surface area contributed by atoms with Crippen molar-refractivity contribution in [3.05, 3.63) is 0 Å². The molecule has 0 spiro atoms. The van der Waals surface area contributed by atoms with Crippen LogP contribution in [0.4, 0.5) is 0 Å². The minimum absolute atomic E-state index is 0.0292. The molecule has 0 aromatic heterocycles. The van der Waals surface area contributed by atoms with Crippen LogP contribution in [0.5, 0.6) is 0 Å². The lowest BCUT2D eigenvalue weighted by Crippen LogP contribution is -2.53. The number of piperidine rings is 2. The van der Waals surface area contributed by atoms with Crippen LogP contribution in [0.25, 0.3) is 0 Å². The van der Waals surface area contributed by atoms with Gasteiger partial charge in [-0.3, -0.25) is 4.79 Å². The van der Waals surface area contributed by atoms with Crippen molar-refractivity contribution in [2.24, 2.45) is 11.8 Å². The van der Waals surface area contributed by atoms with Gasteiger partial charge in [-0.2, -0.15) is 0 Å². The summed E-state index contributed by atoms with van der Waals surface area (Å²) in [6.07, 6.45) is 3.37. The van der Waals surface area contributed by atoms with Gasteiger partial charge in [0.05, 0.1) is 5.92 Å². The Kier molecular flexibility index (Phi) is 4.22. The number of hydrogen-bond acceptors (Lipinski definition) is 3. The minimum Gasteiger partial charge on any atom is -0.480 e. The highest BCUT2D eigenvalue weighted by Crippen LogP contribution is 2.25. The Labute approximate surface area is 108 Å². The number of carbonyl (C=O) groups is 2. The average Bonchev–Trinajstić information content (AvgIpc) is 2.39. The topological polar surface area (TPSA) is 69.6 Å². The summed E-state index contributed by atoms with van der Waals surface area (Å²) < 4.78 is 0. The van der Waals surface area contributed by atoms with Gasteiger partial charge in [0.15, 0.2) is 0 Å². The van der Waals surface area contributed by atoms with Gasteiger partial charge in [-0.15, -0.1) is 0 Å². The first-order valence-electron chi connectivity index (χ1n) is 6.83. The zero-order chi connectivity index (χ0) is 13.1. The summed E-state index contributed by atoms with van der Waals surface area (Å²) in [4.78, 5) is 25.3. The molecule has 2 fully saturated rings. The van der Waals surface area contributed by atoms with E-state index < -0.39 is 12.0 Å². The molecule has 0 aromatic carbocycles. The molecule has 2 heterocycles. The van der Waals surface area contributed by atoms with Gasteiger partial charge < -0.3 is 15.3 Å². The molecule has 0 radical (unpaired) electrons. The summed E-state index contributed by atoms with van der Waals surface area (Å²) in [7, 11) is 0. The number of carboxylic acid groups (broad SMARTS) is 1. The molecule has 0 saturated carbocycles. The lowest BCUT2D eigenvalue weighted by molar-refractivity contribution is -0.155. The molecule has 3 atom stereocenters. The molecule has 0 aromatic rings. The Balaban J connectivity index is 2.04. The molecule has 5 nitrogen and oxygen atoms in total. The molecule has 2 unspecified atom stereocenters. The Bertz CT molecular complexity index is 326. The molecule has 5 heteroatoms. The van der Waals surface area contributed by atoms with Crippen LogP contribution in [0.3, 0.4) is 0 Å². The molecule has 2 rings (SSSR count). The van der Waals surface area contributed by atoms with E-state index in [-0.39, 0.29) is 11.8 Å². The highest BCUT2D eigenvalue weighted by Gasteiger charge is 2.37. The summed E-state index contributed by atoms with van der Waals surface area (Å²) in [5.74, 6) is -0.478. The maximum absolute atomic E-state index is 12.4. The monoisotopic (exact) mass is 254 g/mol. The van der Waals surface area contributed by atoms with E-state index in [1.165, 1.54) is 0 Å². The number of carbonyl (C=O) groups excluding carboxylic acids is 1. The summed E-state index contributed by atoms with van der Waals surface area (Å²) in [6, 6.07) is -0.622. The van der Waals surface area contributed by atoms with Gasteiger partial charge in [0.25, 0.3) is 0 Å². The van der Waals surface area contributed by atoms with Crippen LogP contribution in [0.2, 0.25) is 0 Å². The molecule has 0 bridgehead atoms. The third kappa shape index (κ3) is 2.83. The molecule has 2 saturated heterocycles. The van der Waals surface area contributed by atoms with E-state index in [0.717, 1.165) is 25.8 Å². The fraction of sp³-hybridized carbons (Fsp3) is 0.846. The third-order valence-corrected chi connectivity index (χ3v) is 4.08. The summed E-state index contributed by atoms with van der Waals surface area (Å²) >= 11 is 0. The third-order valence-electron chi connectivity index (χ3n) is 4.08.